The third-order valence-electron chi connectivity index (χ3n) is 3.83. The Balaban J connectivity index is 2.18. The highest BCUT2D eigenvalue weighted by atomic mass is 16.1. The van der Waals surface area contributed by atoms with E-state index in [1.807, 2.05) is 0 Å². The molecule has 0 saturated heterocycles. The van der Waals surface area contributed by atoms with Crippen molar-refractivity contribution in [2.24, 2.45) is 11.7 Å². The molecular weight excluding hydrogens is 212 g/mol. The second-order valence-electron chi connectivity index (χ2n) is 5.26. The fourth-order valence-corrected chi connectivity index (χ4v) is 2.72. The molecule has 0 aliphatic heterocycles. The Morgan fingerprint density at radius 1 is 1.29 bits per heavy atom. The maximum atomic E-state index is 11.8. The van der Waals surface area contributed by atoms with E-state index in [1.165, 1.54) is 44.9 Å². The summed E-state index contributed by atoms with van der Waals surface area (Å²) in [5, 5.41) is 3.12. The molecule has 0 heterocycles. The van der Waals surface area contributed by atoms with Crippen LogP contribution in [0, 0.1) is 5.92 Å². The number of hydrogen-bond donors (Lipinski definition) is 2. The third kappa shape index (κ3) is 5.53. The molecule has 1 aliphatic rings. The zero-order chi connectivity index (χ0) is 12.5. The minimum atomic E-state index is 0.198. The van der Waals surface area contributed by atoms with Crippen LogP contribution >= 0.6 is 0 Å². The maximum absolute atomic E-state index is 11.8. The van der Waals surface area contributed by atoms with Gasteiger partial charge in [0.25, 0.3) is 0 Å². The van der Waals surface area contributed by atoms with Crippen LogP contribution < -0.4 is 11.1 Å². The Bertz CT molecular complexity index is 212. The number of unbranched alkanes of at least 4 members (excludes halogenated alkanes) is 3. The normalized spacial score (nSPS) is 18.2. The lowest BCUT2D eigenvalue weighted by atomic mass is 9.98. The summed E-state index contributed by atoms with van der Waals surface area (Å²) < 4.78 is 0. The van der Waals surface area contributed by atoms with Gasteiger partial charge >= 0.3 is 0 Å². The van der Waals surface area contributed by atoms with E-state index in [9.17, 15) is 4.79 Å². The molecule has 0 bridgehead atoms. The number of amides is 1. The van der Waals surface area contributed by atoms with Crippen molar-refractivity contribution < 1.29 is 4.79 Å². The van der Waals surface area contributed by atoms with Crippen LogP contribution in [0.1, 0.15) is 64.7 Å². The van der Waals surface area contributed by atoms with E-state index < -0.39 is 0 Å². The van der Waals surface area contributed by atoms with Gasteiger partial charge in [0.15, 0.2) is 0 Å². The summed E-state index contributed by atoms with van der Waals surface area (Å²) in [6.07, 6.45) is 10.4. The van der Waals surface area contributed by atoms with Gasteiger partial charge in [0.2, 0.25) is 5.91 Å². The highest BCUT2D eigenvalue weighted by molar-refractivity contribution is 5.76. The second-order valence-corrected chi connectivity index (χ2v) is 5.26. The second kappa shape index (κ2) is 8.51. The van der Waals surface area contributed by atoms with Gasteiger partial charge < -0.3 is 11.1 Å². The largest absolute Gasteiger partial charge is 0.352 e. The Hall–Kier alpha value is -0.570. The van der Waals surface area contributed by atoms with Gasteiger partial charge in [-0.2, -0.15) is 0 Å². The maximum Gasteiger partial charge on any atom is 0.220 e. The molecule has 0 aromatic rings. The van der Waals surface area contributed by atoms with Gasteiger partial charge in [-0.3, -0.25) is 4.79 Å². The topological polar surface area (TPSA) is 55.1 Å². The molecule has 0 radical (unpaired) electrons. The highest BCUT2D eigenvalue weighted by Gasteiger charge is 2.24. The fourth-order valence-electron chi connectivity index (χ4n) is 2.72. The van der Waals surface area contributed by atoms with Crippen LogP contribution in [0.3, 0.4) is 0 Å². The van der Waals surface area contributed by atoms with Gasteiger partial charge in [0.05, 0.1) is 0 Å². The summed E-state index contributed by atoms with van der Waals surface area (Å²) >= 11 is 0. The van der Waals surface area contributed by atoms with Gasteiger partial charge in [0.1, 0.15) is 0 Å². The SMILES string of the molecule is CCCCCCC(=O)NC(CN)C1CCCC1. The standard InChI is InChI=1S/C14H28N2O/c1-2-3-4-5-10-14(17)16-13(11-15)12-8-6-7-9-12/h12-13H,2-11,15H2,1H3,(H,16,17). The van der Waals surface area contributed by atoms with E-state index >= 15 is 0 Å². The summed E-state index contributed by atoms with van der Waals surface area (Å²) in [6, 6.07) is 0.219. The number of nitrogens with two attached hydrogens (primary N) is 1. The molecule has 1 rings (SSSR count). The first-order valence-corrected chi connectivity index (χ1v) is 7.27. The first-order valence-electron chi connectivity index (χ1n) is 7.27. The molecule has 17 heavy (non-hydrogen) atoms. The van der Waals surface area contributed by atoms with Crippen LogP contribution in [0.15, 0.2) is 0 Å². The monoisotopic (exact) mass is 240 g/mol. The number of carbonyl (C=O) groups is 1. The highest BCUT2D eigenvalue weighted by Crippen LogP contribution is 2.27. The summed E-state index contributed by atoms with van der Waals surface area (Å²) in [6.45, 7) is 2.77. The molecule has 1 aliphatic carbocycles. The first-order chi connectivity index (χ1) is 8.27. The molecule has 1 fully saturated rings. The Kier molecular flexibility index (Phi) is 7.25. The molecule has 0 aromatic carbocycles. The average molecular weight is 240 g/mol. The van der Waals surface area contributed by atoms with Crippen LogP contribution in [-0.4, -0.2) is 18.5 Å². The van der Waals surface area contributed by atoms with E-state index in [-0.39, 0.29) is 11.9 Å². The zero-order valence-corrected chi connectivity index (χ0v) is 11.2. The van der Waals surface area contributed by atoms with Crippen molar-refractivity contribution in [1.29, 1.82) is 0 Å². The minimum absolute atomic E-state index is 0.198. The van der Waals surface area contributed by atoms with Crippen molar-refractivity contribution in [3.8, 4) is 0 Å². The summed E-state index contributed by atoms with van der Waals surface area (Å²) in [5.41, 5.74) is 5.76. The van der Waals surface area contributed by atoms with Crippen molar-refractivity contribution in [2.75, 3.05) is 6.54 Å². The van der Waals surface area contributed by atoms with Crippen LogP contribution in [-0.2, 0) is 4.79 Å². The Morgan fingerprint density at radius 3 is 2.59 bits per heavy atom. The predicted octanol–water partition coefficient (Wildman–Crippen LogP) is 2.59. The quantitative estimate of drug-likeness (QED) is 0.641. The molecule has 3 nitrogen and oxygen atoms in total. The summed E-state index contributed by atoms with van der Waals surface area (Å²) in [5.74, 6) is 0.822. The lowest BCUT2D eigenvalue weighted by Gasteiger charge is -2.23. The van der Waals surface area contributed by atoms with Gasteiger partial charge in [0, 0.05) is 19.0 Å². The molecule has 3 N–H and O–H groups in total. The van der Waals surface area contributed by atoms with Crippen LogP contribution in [0.4, 0.5) is 0 Å². The van der Waals surface area contributed by atoms with E-state index in [0.717, 1.165) is 6.42 Å². The zero-order valence-electron chi connectivity index (χ0n) is 11.2. The number of rotatable bonds is 8. The average Bonchev–Trinajstić information content (AvgIpc) is 2.85. The minimum Gasteiger partial charge on any atom is -0.352 e. The third-order valence-corrected chi connectivity index (χ3v) is 3.83. The Morgan fingerprint density at radius 2 is 2.00 bits per heavy atom. The molecule has 100 valence electrons. The molecule has 1 saturated carbocycles. The molecule has 1 atom stereocenters. The number of hydrogen-bond acceptors (Lipinski definition) is 2. The molecule has 0 spiro atoms. The summed E-state index contributed by atoms with van der Waals surface area (Å²) in [7, 11) is 0. The molecule has 0 aromatic heterocycles. The van der Waals surface area contributed by atoms with Gasteiger partial charge in [-0.05, 0) is 25.2 Å². The van der Waals surface area contributed by atoms with Crippen molar-refractivity contribution >= 4 is 5.91 Å². The van der Waals surface area contributed by atoms with Gasteiger partial charge in [-0.25, -0.2) is 0 Å². The van der Waals surface area contributed by atoms with E-state index in [2.05, 4.69) is 12.2 Å². The van der Waals surface area contributed by atoms with Crippen molar-refractivity contribution in [2.45, 2.75) is 70.8 Å². The molecule has 1 amide bonds. The lowest BCUT2D eigenvalue weighted by Crippen LogP contribution is -2.44. The van der Waals surface area contributed by atoms with Crippen molar-refractivity contribution in [1.82, 2.24) is 5.32 Å². The predicted molar refractivity (Wildman–Crippen MR) is 71.7 cm³/mol. The fraction of sp³-hybridized carbons (Fsp3) is 0.929. The molecule has 1 unspecified atom stereocenters. The van der Waals surface area contributed by atoms with E-state index in [0.29, 0.717) is 18.9 Å². The van der Waals surface area contributed by atoms with Crippen molar-refractivity contribution in [3.63, 3.8) is 0 Å². The smallest absolute Gasteiger partial charge is 0.220 e. The lowest BCUT2D eigenvalue weighted by molar-refractivity contribution is -0.122. The number of carbonyl (C=O) groups excluding carboxylic acids is 1. The van der Waals surface area contributed by atoms with Crippen molar-refractivity contribution in [3.05, 3.63) is 0 Å². The van der Waals surface area contributed by atoms with E-state index in [1.54, 1.807) is 0 Å². The van der Waals surface area contributed by atoms with Crippen LogP contribution in [0.2, 0.25) is 0 Å². The molecule has 3 heteroatoms. The van der Waals surface area contributed by atoms with Gasteiger partial charge in [-0.15, -0.1) is 0 Å². The summed E-state index contributed by atoms with van der Waals surface area (Å²) in [4.78, 5) is 11.8. The first kappa shape index (κ1) is 14.5. The molecular formula is C14H28N2O. The van der Waals surface area contributed by atoms with Crippen LogP contribution in [0.5, 0.6) is 0 Å². The van der Waals surface area contributed by atoms with Crippen LogP contribution in [0.25, 0.3) is 0 Å². The number of nitrogens with one attached hydrogen (secondary N) is 1. The van der Waals surface area contributed by atoms with E-state index in [4.69, 9.17) is 5.73 Å². The Labute approximate surface area is 106 Å². The van der Waals surface area contributed by atoms with Gasteiger partial charge in [-0.1, -0.05) is 39.0 Å².